The smallest absolute Gasteiger partial charge is 0.256 e. The first-order valence-electron chi connectivity index (χ1n) is 13.6. The Labute approximate surface area is 223 Å². The maximum atomic E-state index is 13.2. The minimum absolute atomic E-state index is 0.00273. The minimum Gasteiger partial charge on any atom is -0.344 e. The molecule has 38 heavy (non-hydrogen) atoms. The number of carbonyl (C=O) groups is 3. The number of carbonyl (C=O) groups excluding carboxylic acids is 3. The largest absolute Gasteiger partial charge is 0.344 e. The van der Waals surface area contributed by atoms with Gasteiger partial charge in [0.1, 0.15) is 5.82 Å². The number of piperidine rings is 1. The number of ketones is 2. The fraction of sp³-hybridized carbons (Fsp3) is 0.387. The number of rotatable bonds is 9. The Morgan fingerprint density at radius 3 is 2.32 bits per heavy atom. The fourth-order valence-corrected chi connectivity index (χ4v) is 5.61. The number of likely N-dealkylation sites (tertiary alicyclic amines) is 1. The van der Waals surface area contributed by atoms with Crippen molar-refractivity contribution in [2.45, 2.75) is 45.2 Å². The van der Waals surface area contributed by atoms with Gasteiger partial charge >= 0.3 is 0 Å². The van der Waals surface area contributed by atoms with E-state index in [4.69, 9.17) is 0 Å². The average Bonchev–Trinajstić information content (AvgIpc) is 3.33. The third kappa shape index (κ3) is 5.94. The van der Waals surface area contributed by atoms with Crippen molar-refractivity contribution in [3.05, 3.63) is 95.1 Å². The lowest BCUT2D eigenvalue weighted by atomic mass is 9.89. The number of aryl methyl sites for hydroxylation is 1. The van der Waals surface area contributed by atoms with Gasteiger partial charge in [-0.3, -0.25) is 14.4 Å². The molecule has 2 aliphatic rings. The summed E-state index contributed by atoms with van der Waals surface area (Å²) in [7, 11) is 0. The molecule has 1 fully saturated rings. The first-order valence-corrected chi connectivity index (χ1v) is 13.6. The van der Waals surface area contributed by atoms with E-state index in [-0.39, 0.29) is 29.2 Å². The zero-order valence-electron chi connectivity index (χ0n) is 21.7. The van der Waals surface area contributed by atoms with Gasteiger partial charge in [0.05, 0.1) is 11.3 Å². The SMILES string of the molecule is O=C1CCN(Cc2ccccc2)C(=O)c2ccn(CCCCN3CCC(C(=O)c4ccc(F)cc4)CC3)c21. The molecule has 3 aromatic rings. The monoisotopic (exact) mass is 515 g/mol. The van der Waals surface area contributed by atoms with Crippen LogP contribution < -0.4 is 0 Å². The van der Waals surface area contributed by atoms with E-state index in [1.807, 2.05) is 41.1 Å². The first-order chi connectivity index (χ1) is 18.5. The summed E-state index contributed by atoms with van der Waals surface area (Å²) in [5, 5.41) is 0. The number of benzene rings is 2. The zero-order valence-corrected chi connectivity index (χ0v) is 21.7. The molecule has 1 aromatic heterocycles. The zero-order chi connectivity index (χ0) is 26.5. The topological polar surface area (TPSA) is 62.6 Å². The van der Waals surface area contributed by atoms with E-state index in [2.05, 4.69) is 4.90 Å². The second-order valence-corrected chi connectivity index (χ2v) is 10.4. The summed E-state index contributed by atoms with van der Waals surface area (Å²) in [4.78, 5) is 43.1. The number of hydrogen-bond acceptors (Lipinski definition) is 4. The van der Waals surface area contributed by atoms with Crippen molar-refractivity contribution in [3.63, 3.8) is 0 Å². The molecule has 1 amide bonds. The van der Waals surface area contributed by atoms with E-state index in [0.29, 0.717) is 42.9 Å². The Morgan fingerprint density at radius 1 is 0.868 bits per heavy atom. The Balaban J connectivity index is 1.10. The summed E-state index contributed by atoms with van der Waals surface area (Å²) >= 11 is 0. The standard InChI is InChI=1S/C31H34FN3O3/c32-26-10-8-24(9-11-26)30(37)25-12-18-33(19-13-25)16-4-5-17-34-20-14-27-29(34)28(36)15-21-35(31(27)38)22-23-6-2-1-3-7-23/h1-3,6-11,14,20,25H,4-5,12-13,15-19,21-22H2. The number of amides is 1. The van der Waals surface area contributed by atoms with Crippen LogP contribution in [0, 0.1) is 11.7 Å². The van der Waals surface area contributed by atoms with Gasteiger partial charge in [-0.25, -0.2) is 4.39 Å². The van der Waals surface area contributed by atoms with Crippen molar-refractivity contribution in [1.29, 1.82) is 0 Å². The van der Waals surface area contributed by atoms with Crippen LogP contribution in [-0.2, 0) is 13.1 Å². The number of hydrogen-bond donors (Lipinski definition) is 0. The molecule has 2 aliphatic heterocycles. The van der Waals surface area contributed by atoms with Gasteiger partial charge in [0.2, 0.25) is 0 Å². The number of Topliss-reactive ketones (excluding diaryl/α,β-unsaturated/α-hetero) is 2. The van der Waals surface area contributed by atoms with E-state index < -0.39 is 0 Å². The number of fused-ring (bicyclic) bond motifs is 1. The number of unbranched alkanes of at least 4 members (excludes halogenated alkanes) is 1. The highest BCUT2D eigenvalue weighted by Gasteiger charge is 2.30. The van der Waals surface area contributed by atoms with Gasteiger partial charge in [0.25, 0.3) is 5.91 Å². The van der Waals surface area contributed by atoms with Crippen LogP contribution in [0.5, 0.6) is 0 Å². The van der Waals surface area contributed by atoms with Gasteiger partial charge in [-0.2, -0.15) is 0 Å². The van der Waals surface area contributed by atoms with E-state index in [1.54, 1.807) is 23.1 Å². The Kier molecular flexibility index (Phi) is 8.13. The van der Waals surface area contributed by atoms with Gasteiger partial charge in [-0.1, -0.05) is 30.3 Å². The van der Waals surface area contributed by atoms with Crippen molar-refractivity contribution >= 4 is 17.5 Å². The highest BCUT2D eigenvalue weighted by molar-refractivity contribution is 6.09. The van der Waals surface area contributed by atoms with Crippen LogP contribution in [0.4, 0.5) is 4.39 Å². The summed E-state index contributed by atoms with van der Waals surface area (Å²) < 4.78 is 15.1. The Hall–Kier alpha value is -3.58. The van der Waals surface area contributed by atoms with Gasteiger partial charge < -0.3 is 14.4 Å². The predicted octanol–water partition coefficient (Wildman–Crippen LogP) is 5.23. The van der Waals surface area contributed by atoms with Gasteiger partial charge in [-0.05, 0) is 81.2 Å². The summed E-state index contributed by atoms with van der Waals surface area (Å²) in [6, 6.07) is 17.5. The number of halogens is 1. The first kappa shape index (κ1) is 26.0. The molecular weight excluding hydrogens is 481 g/mol. The maximum Gasteiger partial charge on any atom is 0.256 e. The van der Waals surface area contributed by atoms with E-state index >= 15 is 0 Å². The van der Waals surface area contributed by atoms with Crippen LogP contribution in [0.2, 0.25) is 0 Å². The summed E-state index contributed by atoms with van der Waals surface area (Å²) in [6.07, 6.45) is 5.73. The molecule has 0 radical (unpaired) electrons. The molecule has 0 spiro atoms. The second-order valence-electron chi connectivity index (χ2n) is 10.4. The molecule has 0 unspecified atom stereocenters. The van der Waals surface area contributed by atoms with Crippen LogP contribution in [0.15, 0.2) is 66.9 Å². The third-order valence-corrected chi connectivity index (χ3v) is 7.78. The van der Waals surface area contributed by atoms with Gasteiger partial charge in [-0.15, -0.1) is 0 Å². The average molecular weight is 516 g/mol. The van der Waals surface area contributed by atoms with Crippen LogP contribution in [0.3, 0.4) is 0 Å². The summed E-state index contributed by atoms with van der Waals surface area (Å²) in [6.45, 7) is 4.33. The Bertz CT molecular complexity index is 1280. The van der Waals surface area contributed by atoms with Crippen molar-refractivity contribution < 1.29 is 18.8 Å². The van der Waals surface area contributed by atoms with E-state index in [0.717, 1.165) is 50.9 Å². The highest BCUT2D eigenvalue weighted by atomic mass is 19.1. The van der Waals surface area contributed by atoms with Crippen LogP contribution in [0.25, 0.3) is 0 Å². The van der Waals surface area contributed by atoms with Crippen LogP contribution in [0.1, 0.15) is 68.9 Å². The van der Waals surface area contributed by atoms with Crippen LogP contribution in [-0.4, -0.2) is 58.0 Å². The molecule has 5 rings (SSSR count). The summed E-state index contributed by atoms with van der Waals surface area (Å²) in [5.41, 5.74) is 2.70. The molecule has 1 saturated heterocycles. The molecule has 0 N–H and O–H groups in total. The predicted molar refractivity (Wildman–Crippen MR) is 144 cm³/mol. The molecule has 0 aliphatic carbocycles. The lowest BCUT2D eigenvalue weighted by molar-refractivity contribution is 0.0745. The van der Waals surface area contributed by atoms with Crippen molar-refractivity contribution in [3.8, 4) is 0 Å². The Morgan fingerprint density at radius 2 is 1.58 bits per heavy atom. The lowest BCUT2D eigenvalue weighted by Gasteiger charge is -2.31. The van der Waals surface area contributed by atoms with E-state index in [1.165, 1.54) is 12.1 Å². The second kappa shape index (κ2) is 11.9. The van der Waals surface area contributed by atoms with Crippen molar-refractivity contribution in [1.82, 2.24) is 14.4 Å². The molecule has 198 valence electrons. The molecule has 0 atom stereocenters. The highest BCUT2D eigenvalue weighted by Crippen LogP contribution is 2.24. The minimum atomic E-state index is -0.326. The molecular formula is C31H34FN3O3. The normalized spacial score (nSPS) is 16.9. The molecule has 7 heteroatoms. The van der Waals surface area contributed by atoms with Crippen molar-refractivity contribution in [2.24, 2.45) is 5.92 Å². The third-order valence-electron chi connectivity index (χ3n) is 7.78. The number of nitrogens with zero attached hydrogens (tertiary/aromatic N) is 3. The maximum absolute atomic E-state index is 13.2. The molecule has 3 heterocycles. The van der Waals surface area contributed by atoms with Crippen molar-refractivity contribution in [2.75, 3.05) is 26.2 Å². The molecule has 2 aromatic carbocycles. The van der Waals surface area contributed by atoms with Crippen LogP contribution >= 0.6 is 0 Å². The summed E-state index contributed by atoms with van der Waals surface area (Å²) in [5.74, 6) is -0.266. The molecule has 0 bridgehead atoms. The van der Waals surface area contributed by atoms with Gasteiger partial charge in [0.15, 0.2) is 11.6 Å². The molecule has 0 saturated carbocycles. The molecule has 6 nitrogen and oxygen atoms in total. The quantitative estimate of drug-likeness (QED) is 0.289. The lowest BCUT2D eigenvalue weighted by Crippen LogP contribution is -2.37. The van der Waals surface area contributed by atoms with E-state index in [9.17, 15) is 18.8 Å². The van der Waals surface area contributed by atoms with Gasteiger partial charge in [0, 0.05) is 43.7 Å². The number of aromatic nitrogens is 1. The fourth-order valence-electron chi connectivity index (χ4n) is 5.61.